The van der Waals surface area contributed by atoms with Crippen molar-refractivity contribution < 1.29 is 8.42 Å². The highest BCUT2D eigenvalue weighted by Gasteiger charge is 2.16. The van der Waals surface area contributed by atoms with Crippen LogP contribution >= 0.6 is 23.2 Å². The fourth-order valence-corrected chi connectivity index (χ4v) is 3.15. The lowest BCUT2D eigenvalue weighted by molar-refractivity contribution is 0.601. The molecule has 19 heavy (non-hydrogen) atoms. The summed E-state index contributed by atoms with van der Waals surface area (Å²) in [6.07, 6.45) is 0. The van der Waals surface area contributed by atoms with Gasteiger partial charge in [0, 0.05) is 10.0 Å². The molecule has 0 saturated carbocycles. The summed E-state index contributed by atoms with van der Waals surface area (Å²) in [5.74, 6) is 0. The van der Waals surface area contributed by atoms with Gasteiger partial charge in [0.25, 0.3) is 10.0 Å². The van der Waals surface area contributed by atoms with Crippen LogP contribution in [-0.2, 0) is 10.0 Å². The van der Waals surface area contributed by atoms with E-state index in [0.717, 1.165) is 0 Å². The second kappa shape index (κ2) is 5.41. The average Bonchev–Trinajstić information content (AvgIpc) is 2.35. The van der Waals surface area contributed by atoms with Gasteiger partial charge < -0.3 is 0 Å². The number of hydrogen-bond acceptors (Lipinski definition) is 2. The number of nitrogens with one attached hydrogen (secondary N) is 1. The molecule has 0 bridgehead atoms. The summed E-state index contributed by atoms with van der Waals surface area (Å²) in [4.78, 5) is 0.111. The average molecular weight is 316 g/mol. The first-order chi connectivity index (χ1) is 8.90. The van der Waals surface area contributed by atoms with Gasteiger partial charge in [0.2, 0.25) is 0 Å². The third-order valence-corrected chi connectivity index (χ3v) is 4.63. The normalized spacial score (nSPS) is 11.3. The van der Waals surface area contributed by atoms with Crippen molar-refractivity contribution in [1.29, 1.82) is 0 Å². The molecule has 0 radical (unpaired) electrons. The van der Waals surface area contributed by atoms with E-state index >= 15 is 0 Å². The van der Waals surface area contributed by atoms with E-state index < -0.39 is 10.0 Å². The van der Waals surface area contributed by atoms with Crippen molar-refractivity contribution in [2.45, 2.75) is 11.8 Å². The minimum Gasteiger partial charge on any atom is -0.279 e. The Hall–Kier alpha value is -1.23. The summed E-state index contributed by atoms with van der Waals surface area (Å²) in [5, 5.41) is 0.872. The van der Waals surface area contributed by atoms with Crippen molar-refractivity contribution in [3.63, 3.8) is 0 Å². The molecule has 2 aromatic carbocycles. The quantitative estimate of drug-likeness (QED) is 0.926. The van der Waals surface area contributed by atoms with E-state index in [1.165, 1.54) is 12.1 Å². The minimum atomic E-state index is -3.67. The second-order valence-electron chi connectivity index (χ2n) is 3.98. The van der Waals surface area contributed by atoms with E-state index in [2.05, 4.69) is 4.72 Å². The first-order valence-corrected chi connectivity index (χ1v) is 7.67. The van der Waals surface area contributed by atoms with E-state index in [0.29, 0.717) is 21.3 Å². The Labute approximate surface area is 122 Å². The Morgan fingerprint density at radius 2 is 1.74 bits per heavy atom. The number of benzene rings is 2. The van der Waals surface area contributed by atoms with Gasteiger partial charge in [-0.25, -0.2) is 8.42 Å². The zero-order chi connectivity index (χ0) is 14.0. The summed E-state index contributed by atoms with van der Waals surface area (Å²) < 4.78 is 26.9. The molecule has 0 aliphatic carbocycles. The highest BCUT2D eigenvalue weighted by atomic mass is 35.5. The van der Waals surface area contributed by atoms with E-state index in [-0.39, 0.29) is 4.90 Å². The fraction of sp³-hybridized carbons (Fsp3) is 0.0769. The van der Waals surface area contributed by atoms with Crippen LogP contribution in [0, 0.1) is 6.92 Å². The van der Waals surface area contributed by atoms with Gasteiger partial charge in [-0.1, -0.05) is 35.3 Å². The third-order valence-electron chi connectivity index (χ3n) is 2.62. The van der Waals surface area contributed by atoms with Crippen LogP contribution in [0.4, 0.5) is 5.69 Å². The monoisotopic (exact) mass is 315 g/mol. The van der Waals surface area contributed by atoms with E-state index in [1.807, 2.05) is 0 Å². The predicted octanol–water partition coefficient (Wildman–Crippen LogP) is 4.10. The van der Waals surface area contributed by atoms with E-state index in [4.69, 9.17) is 23.2 Å². The van der Waals surface area contributed by atoms with Gasteiger partial charge >= 0.3 is 0 Å². The molecule has 0 spiro atoms. The molecule has 0 aliphatic rings. The lowest BCUT2D eigenvalue weighted by Crippen LogP contribution is -2.13. The second-order valence-corrected chi connectivity index (χ2v) is 6.50. The summed E-state index contributed by atoms with van der Waals surface area (Å²) in [6, 6.07) is 11.1. The zero-order valence-electron chi connectivity index (χ0n) is 10.0. The molecule has 0 unspecified atom stereocenters. The van der Waals surface area contributed by atoms with Gasteiger partial charge in [0.1, 0.15) is 0 Å². The molecule has 0 amide bonds. The number of halogens is 2. The zero-order valence-corrected chi connectivity index (χ0v) is 12.4. The van der Waals surface area contributed by atoms with Crippen molar-refractivity contribution in [1.82, 2.24) is 0 Å². The molecule has 3 nitrogen and oxygen atoms in total. The minimum absolute atomic E-state index is 0.111. The summed E-state index contributed by atoms with van der Waals surface area (Å²) in [5.41, 5.74) is 1.13. The summed E-state index contributed by atoms with van der Waals surface area (Å²) in [7, 11) is -3.67. The topological polar surface area (TPSA) is 46.2 Å². The molecule has 0 aliphatic heterocycles. The van der Waals surface area contributed by atoms with Crippen LogP contribution in [0.15, 0.2) is 47.4 Å². The highest BCUT2D eigenvalue weighted by molar-refractivity contribution is 7.92. The summed E-state index contributed by atoms with van der Waals surface area (Å²) >= 11 is 11.8. The van der Waals surface area contributed by atoms with Crippen molar-refractivity contribution in [3.8, 4) is 0 Å². The predicted molar refractivity (Wildman–Crippen MR) is 78.4 cm³/mol. The maximum absolute atomic E-state index is 12.2. The van der Waals surface area contributed by atoms with Crippen LogP contribution in [0.1, 0.15) is 5.56 Å². The Kier molecular flexibility index (Phi) is 4.04. The van der Waals surface area contributed by atoms with Gasteiger partial charge in [-0.15, -0.1) is 0 Å². The maximum Gasteiger partial charge on any atom is 0.261 e. The van der Waals surface area contributed by atoms with Gasteiger partial charge in [-0.05, 0) is 42.8 Å². The molecule has 1 N–H and O–H groups in total. The standard InChI is InChI=1S/C13H11Cl2NO2S/c1-9-12(15)6-3-7-13(9)16-19(17,18)11-5-2-4-10(14)8-11/h2-8,16H,1H3. The first-order valence-electron chi connectivity index (χ1n) is 5.43. The molecular formula is C13H11Cl2NO2S. The van der Waals surface area contributed by atoms with Crippen molar-refractivity contribution in [2.24, 2.45) is 0 Å². The number of hydrogen-bond donors (Lipinski definition) is 1. The Morgan fingerprint density at radius 3 is 2.42 bits per heavy atom. The molecule has 0 saturated heterocycles. The van der Waals surface area contributed by atoms with E-state index in [9.17, 15) is 8.42 Å². The largest absolute Gasteiger partial charge is 0.279 e. The maximum atomic E-state index is 12.2. The van der Waals surface area contributed by atoms with Crippen LogP contribution in [0.2, 0.25) is 10.0 Å². The van der Waals surface area contributed by atoms with Crippen molar-refractivity contribution >= 4 is 38.9 Å². The van der Waals surface area contributed by atoms with Crippen LogP contribution in [0.5, 0.6) is 0 Å². The number of rotatable bonds is 3. The van der Waals surface area contributed by atoms with Crippen LogP contribution < -0.4 is 4.72 Å². The third kappa shape index (κ3) is 3.21. The molecule has 0 fully saturated rings. The van der Waals surface area contributed by atoms with Crippen LogP contribution in [0.25, 0.3) is 0 Å². The number of sulfonamides is 1. The van der Waals surface area contributed by atoms with Crippen molar-refractivity contribution in [3.05, 3.63) is 58.1 Å². The van der Waals surface area contributed by atoms with E-state index in [1.54, 1.807) is 37.3 Å². The van der Waals surface area contributed by atoms with Gasteiger partial charge in [-0.2, -0.15) is 0 Å². The molecule has 6 heteroatoms. The van der Waals surface area contributed by atoms with Crippen LogP contribution in [0.3, 0.4) is 0 Å². The Morgan fingerprint density at radius 1 is 1.05 bits per heavy atom. The molecular weight excluding hydrogens is 305 g/mol. The molecule has 0 heterocycles. The lowest BCUT2D eigenvalue weighted by Gasteiger charge is -2.11. The van der Waals surface area contributed by atoms with Gasteiger partial charge in [0.15, 0.2) is 0 Å². The molecule has 0 aromatic heterocycles. The highest BCUT2D eigenvalue weighted by Crippen LogP contribution is 2.26. The lowest BCUT2D eigenvalue weighted by atomic mass is 10.2. The Balaban J connectivity index is 2.39. The van der Waals surface area contributed by atoms with Crippen molar-refractivity contribution in [2.75, 3.05) is 4.72 Å². The molecule has 0 atom stereocenters. The molecule has 100 valence electrons. The Bertz CT molecular complexity index is 714. The first kappa shape index (κ1) is 14.2. The summed E-state index contributed by atoms with van der Waals surface area (Å²) in [6.45, 7) is 1.75. The number of anilines is 1. The van der Waals surface area contributed by atoms with Crippen LogP contribution in [-0.4, -0.2) is 8.42 Å². The fourth-order valence-electron chi connectivity index (χ4n) is 1.56. The molecule has 2 rings (SSSR count). The molecule has 2 aromatic rings. The SMILES string of the molecule is Cc1c(Cl)cccc1NS(=O)(=O)c1cccc(Cl)c1. The van der Waals surface area contributed by atoms with Gasteiger partial charge in [0.05, 0.1) is 10.6 Å². The van der Waals surface area contributed by atoms with Gasteiger partial charge in [-0.3, -0.25) is 4.72 Å². The smallest absolute Gasteiger partial charge is 0.261 e.